The quantitative estimate of drug-likeness (QED) is 0.897. The third-order valence-corrected chi connectivity index (χ3v) is 4.18. The highest BCUT2D eigenvalue weighted by atomic mass is 32.1. The third kappa shape index (κ3) is 4.08. The summed E-state index contributed by atoms with van der Waals surface area (Å²) in [6, 6.07) is 3.61. The number of nitrogens with zero attached hydrogens (tertiary/aromatic N) is 1. The Balaban J connectivity index is 2.31. The maximum Gasteiger partial charge on any atom is 0.136 e. The van der Waals surface area contributed by atoms with Crippen LogP contribution in [0.5, 0.6) is 0 Å². The van der Waals surface area contributed by atoms with Crippen LogP contribution in [0.1, 0.15) is 38.3 Å². The molecular formula is C16H20F2N2S. The van der Waals surface area contributed by atoms with Crippen molar-refractivity contribution in [3.8, 4) is 10.6 Å². The molecular weight excluding hydrogens is 290 g/mol. The van der Waals surface area contributed by atoms with Gasteiger partial charge < -0.3 is 5.32 Å². The highest BCUT2D eigenvalue weighted by Gasteiger charge is 2.16. The number of hydrogen-bond acceptors (Lipinski definition) is 3. The molecule has 1 aromatic heterocycles. The summed E-state index contributed by atoms with van der Waals surface area (Å²) in [5, 5.41) is 4.02. The smallest absolute Gasteiger partial charge is 0.136 e. The van der Waals surface area contributed by atoms with Crippen molar-refractivity contribution >= 4 is 11.3 Å². The van der Waals surface area contributed by atoms with Crippen LogP contribution in [0.3, 0.4) is 0 Å². The molecule has 2 rings (SSSR count). The summed E-state index contributed by atoms with van der Waals surface area (Å²) in [6.07, 6.45) is 0.792. The van der Waals surface area contributed by atoms with E-state index >= 15 is 0 Å². The van der Waals surface area contributed by atoms with E-state index in [4.69, 9.17) is 0 Å². The molecule has 1 N–H and O–H groups in total. The average Bonchev–Trinajstić information content (AvgIpc) is 2.78. The summed E-state index contributed by atoms with van der Waals surface area (Å²) in [7, 11) is 0. The van der Waals surface area contributed by atoms with Gasteiger partial charge in [0.15, 0.2) is 0 Å². The van der Waals surface area contributed by atoms with Crippen LogP contribution in [0.15, 0.2) is 18.2 Å². The largest absolute Gasteiger partial charge is 0.307 e. The number of thiazole rings is 1. The molecule has 0 aliphatic heterocycles. The Morgan fingerprint density at radius 2 is 1.95 bits per heavy atom. The first-order valence-corrected chi connectivity index (χ1v) is 7.81. The number of nitrogens with one attached hydrogen (secondary N) is 1. The van der Waals surface area contributed by atoms with Crippen molar-refractivity contribution in [1.82, 2.24) is 10.3 Å². The number of rotatable bonds is 4. The van der Waals surface area contributed by atoms with Crippen LogP contribution in [-0.4, -0.2) is 10.5 Å². The van der Waals surface area contributed by atoms with E-state index in [1.807, 2.05) is 6.92 Å². The SMILES string of the molecule is CCc1nc(-c2ccc(F)cc2F)sc1CNC(C)(C)C. The summed E-state index contributed by atoms with van der Waals surface area (Å²) in [6.45, 7) is 9.02. The standard InChI is InChI=1S/C16H20F2N2S/c1-5-13-14(9-19-16(2,3)4)21-15(20-13)11-7-6-10(17)8-12(11)18/h6-8,19H,5,9H2,1-4H3. The van der Waals surface area contributed by atoms with Crippen LogP contribution in [0, 0.1) is 11.6 Å². The highest BCUT2D eigenvalue weighted by Crippen LogP contribution is 2.31. The molecule has 1 heterocycles. The Morgan fingerprint density at radius 3 is 2.52 bits per heavy atom. The Labute approximate surface area is 128 Å². The molecule has 0 fully saturated rings. The molecule has 2 aromatic rings. The van der Waals surface area contributed by atoms with Crippen LogP contribution < -0.4 is 5.32 Å². The minimum atomic E-state index is -0.571. The van der Waals surface area contributed by atoms with Crippen molar-refractivity contribution in [2.45, 2.75) is 46.2 Å². The molecule has 0 amide bonds. The lowest BCUT2D eigenvalue weighted by molar-refractivity contribution is 0.425. The molecule has 0 aliphatic rings. The summed E-state index contributed by atoms with van der Waals surface area (Å²) in [5.41, 5.74) is 1.34. The fourth-order valence-corrected chi connectivity index (χ4v) is 3.04. The maximum atomic E-state index is 13.9. The monoisotopic (exact) mass is 310 g/mol. The van der Waals surface area contributed by atoms with Crippen LogP contribution >= 0.6 is 11.3 Å². The van der Waals surface area contributed by atoms with Gasteiger partial charge in [-0.2, -0.15) is 0 Å². The van der Waals surface area contributed by atoms with Crippen LogP contribution in [0.25, 0.3) is 10.6 Å². The Morgan fingerprint density at radius 1 is 1.24 bits per heavy atom. The Hall–Kier alpha value is -1.33. The number of aromatic nitrogens is 1. The summed E-state index contributed by atoms with van der Waals surface area (Å²) >= 11 is 1.46. The second kappa shape index (κ2) is 6.20. The number of hydrogen-bond donors (Lipinski definition) is 1. The topological polar surface area (TPSA) is 24.9 Å². The molecule has 0 aliphatic carbocycles. The van der Waals surface area contributed by atoms with Gasteiger partial charge in [-0.15, -0.1) is 11.3 Å². The molecule has 21 heavy (non-hydrogen) atoms. The Kier molecular flexibility index (Phi) is 4.74. The average molecular weight is 310 g/mol. The van der Waals surface area contributed by atoms with Gasteiger partial charge >= 0.3 is 0 Å². The van der Waals surface area contributed by atoms with Crippen molar-refractivity contribution in [3.05, 3.63) is 40.4 Å². The minimum absolute atomic E-state index is 0.0102. The molecule has 0 spiro atoms. The van der Waals surface area contributed by atoms with Crippen LogP contribution in [0.4, 0.5) is 8.78 Å². The normalized spacial score (nSPS) is 11.9. The van der Waals surface area contributed by atoms with E-state index in [1.165, 1.54) is 23.5 Å². The van der Waals surface area contributed by atoms with Gasteiger partial charge in [-0.05, 0) is 39.3 Å². The van der Waals surface area contributed by atoms with Crippen LogP contribution in [-0.2, 0) is 13.0 Å². The lowest BCUT2D eigenvalue weighted by atomic mass is 10.1. The molecule has 0 radical (unpaired) electrons. The zero-order valence-corrected chi connectivity index (χ0v) is 13.6. The van der Waals surface area contributed by atoms with Gasteiger partial charge in [-0.1, -0.05) is 6.92 Å². The zero-order valence-electron chi connectivity index (χ0n) is 12.8. The molecule has 0 atom stereocenters. The predicted molar refractivity (Wildman–Crippen MR) is 83.4 cm³/mol. The lowest BCUT2D eigenvalue weighted by Crippen LogP contribution is -2.35. The first kappa shape index (κ1) is 16.0. The highest BCUT2D eigenvalue weighted by molar-refractivity contribution is 7.15. The van der Waals surface area contributed by atoms with Crippen molar-refractivity contribution in [2.24, 2.45) is 0 Å². The molecule has 0 saturated heterocycles. The molecule has 0 bridgehead atoms. The van der Waals surface area contributed by atoms with E-state index in [0.717, 1.165) is 23.1 Å². The third-order valence-electron chi connectivity index (χ3n) is 3.05. The van der Waals surface area contributed by atoms with E-state index in [0.29, 0.717) is 17.1 Å². The lowest BCUT2D eigenvalue weighted by Gasteiger charge is -2.20. The van der Waals surface area contributed by atoms with Gasteiger partial charge in [0.1, 0.15) is 16.6 Å². The molecule has 0 unspecified atom stereocenters. The molecule has 0 saturated carbocycles. The Bertz CT molecular complexity index is 630. The molecule has 114 valence electrons. The first-order valence-electron chi connectivity index (χ1n) is 6.99. The molecule has 2 nitrogen and oxygen atoms in total. The van der Waals surface area contributed by atoms with E-state index < -0.39 is 11.6 Å². The number of aryl methyl sites for hydroxylation is 1. The van der Waals surface area contributed by atoms with Gasteiger partial charge in [0.05, 0.1) is 5.69 Å². The van der Waals surface area contributed by atoms with Gasteiger partial charge in [-0.25, -0.2) is 13.8 Å². The summed E-state index contributed by atoms with van der Waals surface area (Å²) in [4.78, 5) is 5.61. The van der Waals surface area contributed by atoms with E-state index in [9.17, 15) is 8.78 Å². The summed E-state index contributed by atoms with van der Waals surface area (Å²) in [5.74, 6) is -1.14. The molecule has 1 aromatic carbocycles. The predicted octanol–water partition coefficient (Wildman–Crippen LogP) is 4.54. The van der Waals surface area contributed by atoms with Crippen molar-refractivity contribution in [1.29, 1.82) is 0 Å². The van der Waals surface area contributed by atoms with E-state index in [1.54, 1.807) is 0 Å². The van der Waals surface area contributed by atoms with Gasteiger partial charge in [-0.3, -0.25) is 0 Å². The van der Waals surface area contributed by atoms with Gasteiger partial charge in [0.25, 0.3) is 0 Å². The van der Waals surface area contributed by atoms with Crippen molar-refractivity contribution in [2.75, 3.05) is 0 Å². The minimum Gasteiger partial charge on any atom is -0.307 e. The van der Waals surface area contributed by atoms with E-state index in [-0.39, 0.29) is 5.54 Å². The fourth-order valence-electron chi connectivity index (χ4n) is 1.92. The fraction of sp³-hybridized carbons (Fsp3) is 0.438. The number of benzene rings is 1. The van der Waals surface area contributed by atoms with E-state index in [2.05, 4.69) is 31.1 Å². The van der Waals surface area contributed by atoms with Crippen molar-refractivity contribution in [3.63, 3.8) is 0 Å². The first-order chi connectivity index (χ1) is 9.80. The van der Waals surface area contributed by atoms with Crippen molar-refractivity contribution < 1.29 is 8.78 Å². The molecule has 5 heteroatoms. The number of halogens is 2. The van der Waals surface area contributed by atoms with Gasteiger partial charge in [0.2, 0.25) is 0 Å². The second-order valence-electron chi connectivity index (χ2n) is 5.97. The summed E-state index contributed by atoms with van der Waals surface area (Å²) < 4.78 is 26.9. The zero-order chi connectivity index (χ0) is 15.6. The maximum absolute atomic E-state index is 13.9. The second-order valence-corrected chi connectivity index (χ2v) is 7.05. The van der Waals surface area contributed by atoms with Gasteiger partial charge in [0, 0.05) is 28.6 Å². The van der Waals surface area contributed by atoms with Crippen LogP contribution in [0.2, 0.25) is 0 Å².